The summed E-state index contributed by atoms with van der Waals surface area (Å²) in [6, 6.07) is 26.3. The second-order valence-corrected chi connectivity index (χ2v) is 12.5. The molecular weight excluding hydrogens is 621 g/mol. The largest absolute Gasteiger partial charge is 0.374 e. The molecule has 0 saturated carbocycles. The summed E-state index contributed by atoms with van der Waals surface area (Å²) in [5, 5.41) is 1.11. The summed E-state index contributed by atoms with van der Waals surface area (Å²) in [5.41, 5.74) is 6.56. The van der Waals surface area contributed by atoms with E-state index in [1.54, 1.807) is 7.11 Å². The van der Waals surface area contributed by atoms with Gasteiger partial charge in [0.15, 0.2) is 0 Å². The summed E-state index contributed by atoms with van der Waals surface area (Å²) in [5.74, 6) is 0. The number of pyridine rings is 1. The first-order valence-corrected chi connectivity index (χ1v) is 16.2. The highest BCUT2D eigenvalue weighted by Crippen LogP contribution is 2.31. The van der Waals surface area contributed by atoms with Crippen molar-refractivity contribution in [2.75, 3.05) is 13.4 Å². The molecule has 0 aliphatic rings. The van der Waals surface area contributed by atoms with Crippen LogP contribution in [0.1, 0.15) is 59.9 Å². The van der Waals surface area contributed by atoms with E-state index in [-0.39, 0.29) is 0 Å². The van der Waals surface area contributed by atoms with Gasteiger partial charge in [0.1, 0.15) is 6.10 Å². The third-order valence-electron chi connectivity index (χ3n) is 6.80. The molecule has 0 fully saturated rings. The fraction of sp³-hybridized carbons (Fsp3) is 0.281. The maximum absolute atomic E-state index is 12.2. The molecule has 0 aliphatic heterocycles. The van der Waals surface area contributed by atoms with Gasteiger partial charge in [-0.2, -0.15) is 8.42 Å². The lowest BCUT2D eigenvalue weighted by Crippen LogP contribution is -2.21. The molecule has 204 valence electrons. The normalized spacial score (nSPS) is 13.3. The molecule has 0 radical (unpaired) electrons. The van der Waals surface area contributed by atoms with E-state index in [1.807, 2.05) is 68.5 Å². The van der Waals surface area contributed by atoms with Crippen molar-refractivity contribution in [2.45, 2.75) is 42.8 Å². The SMILES string of the molecule is COC(C)(C)c1ccccc1CC[C@@H](OS(C)(=O)=O)c1cccc(/C=C/c2ccc3ccc(CI)cc3n2)c1. The average Bonchev–Trinajstić information content (AvgIpc) is 2.93. The highest BCUT2D eigenvalue weighted by Gasteiger charge is 2.24. The minimum atomic E-state index is -3.67. The van der Waals surface area contributed by atoms with Crippen molar-refractivity contribution in [3.8, 4) is 0 Å². The number of alkyl halides is 1. The number of hydrogen-bond donors (Lipinski definition) is 0. The standard InChI is InChI=1S/C32H34INO4S/c1-32(2,37-3)29-11-6-5-9-25(29)16-19-31(38-39(4,35)36)27-10-7-8-23(20-27)13-17-28-18-15-26-14-12-24(22-33)21-30(26)34-28/h5-15,17-18,20-21,31H,16,19,22H2,1-4H3/b17-13+/t31-/m1/s1. The zero-order valence-corrected chi connectivity index (χ0v) is 25.7. The third kappa shape index (κ3) is 7.97. The number of ether oxygens (including phenoxy) is 1. The van der Waals surface area contributed by atoms with Gasteiger partial charge in [-0.15, -0.1) is 0 Å². The van der Waals surface area contributed by atoms with Crippen LogP contribution in [-0.2, 0) is 35.5 Å². The van der Waals surface area contributed by atoms with Crippen molar-refractivity contribution < 1.29 is 17.3 Å². The number of benzene rings is 3. The predicted octanol–water partition coefficient (Wildman–Crippen LogP) is 7.87. The highest BCUT2D eigenvalue weighted by atomic mass is 127. The number of rotatable bonds is 11. The number of hydrogen-bond acceptors (Lipinski definition) is 5. The maximum Gasteiger partial charge on any atom is 0.264 e. The molecule has 0 unspecified atom stereocenters. The van der Waals surface area contributed by atoms with Crippen LogP contribution in [-0.4, -0.2) is 26.8 Å². The van der Waals surface area contributed by atoms with Crippen molar-refractivity contribution in [2.24, 2.45) is 0 Å². The Hall–Kier alpha value is -2.59. The molecule has 0 amide bonds. The molecule has 0 spiro atoms. The molecule has 4 aromatic rings. The molecule has 5 nitrogen and oxygen atoms in total. The Balaban J connectivity index is 1.58. The minimum absolute atomic E-state index is 0.455. The zero-order chi connectivity index (χ0) is 28.0. The van der Waals surface area contributed by atoms with Crippen molar-refractivity contribution in [1.29, 1.82) is 0 Å². The fourth-order valence-electron chi connectivity index (χ4n) is 4.60. The van der Waals surface area contributed by atoms with E-state index < -0.39 is 21.8 Å². The molecule has 0 bridgehead atoms. The molecular formula is C32H34INO4S. The van der Waals surface area contributed by atoms with E-state index in [0.717, 1.165) is 49.5 Å². The Kier molecular flexibility index (Phi) is 9.59. The molecule has 1 heterocycles. The van der Waals surface area contributed by atoms with E-state index in [0.29, 0.717) is 12.8 Å². The minimum Gasteiger partial charge on any atom is -0.374 e. The molecule has 0 aliphatic carbocycles. The van der Waals surface area contributed by atoms with Gasteiger partial charge in [0.2, 0.25) is 0 Å². The molecule has 7 heteroatoms. The lowest BCUT2D eigenvalue weighted by molar-refractivity contribution is 0.0183. The topological polar surface area (TPSA) is 65.5 Å². The Morgan fingerprint density at radius 2 is 1.74 bits per heavy atom. The van der Waals surface area contributed by atoms with Gasteiger partial charge >= 0.3 is 0 Å². The van der Waals surface area contributed by atoms with Gasteiger partial charge in [-0.3, -0.25) is 4.18 Å². The zero-order valence-electron chi connectivity index (χ0n) is 22.7. The number of halogens is 1. The van der Waals surface area contributed by atoms with Gasteiger partial charge in [-0.25, -0.2) is 4.98 Å². The van der Waals surface area contributed by atoms with Gasteiger partial charge in [-0.1, -0.05) is 89.3 Å². The molecule has 0 saturated heterocycles. The van der Waals surface area contributed by atoms with Gasteiger partial charge < -0.3 is 4.74 Å². The summed E-state index contributed by atoms with van der Waals surface area (Å²) in [6.45, 7) is 4.05. The number of aromatic nitrogens is 1. The van der Waals surface area contributed by atoms with Crippen LogP contribution in [0.3, 0.4) is 0 Å². The van der Waals surface area contributed by atoms with E-state index >= 15 is 0 Å². The van der Waals surface area contributed by atoms with Crippen LogP contribution < -0.4 is 0 Å². The van der Waals surface area contributed by atoms with Crippen LogP contribution in [0, 0.1) is 0 Å². The Labute approximate surface area is 245 Å². The maximum atomic E-state index is 12.2. The average molecular weight is 656 g/mol. The smallest absolute Gasteiger partial charge is 0.264 e. The molecule has 0 N–H and O–H groups in total. The number of nitrogens with zero attached hydrogens (tertiary/aromatic N) is 1. The van der Waals surface area contributed by atoms with E-state index in [1.165, 1.54) is 5.56 Å². The van der Waals surface area contributed by atoms with Crippen LogP contribution >= 0.6 is 22.6 Å². The second kappa shape index (κ2) is 12.7. The summed E-state index contributed by atoms with van der Waals surface area (Å²) in [4.78, 5) is 4.80. The quantitative estimate of drug-likeness (QED) is 0.0935. The van der Waals surface area contributed by atoms with Crippen LogP contribution in [0.5, 0.6) is 0 Å². The van der Waals surface area contributed by atoms with Crippen molar-refractivity contribution >= 4 is 55.8 Å². The van der Waals surface area contributed by atoms with Gasteiger partial charge in [0, 0.05) is 16.9 Å². The van der Waals surface area contributed by atoms with E-state index in [2.05, 4.69) is 59.0 Å². The monoisotopic (exact) mass is 655 g/mol. The first kappa shape index (κ1) is 29.4. The first-order valence-electron chi connectivity index (χ1n) is 12.8. The number of methoxy groups -OCH3 is 1. The van der Waals surface area contributed by atoms with Crippen molar-refractivity contribution in [3.63, 3.8) is 0 Å². The van der Waals surface area contributed by atoms with Crippen LogP contribution in [0.15, 0.2) is 78.9 Å². The summed E-state index contributed by atoms with van der Waals surface area (Å²) < 4.78 is 36.6. The lowest BCUT2D eigenvalue weighted by Gasteiger charge is -2.27. The van der Waals surface area contributed by atoms with E-state index in [9.17, 15) is 8.42 Å². The van der Waals surface area contributed by atoms with Gasteiger partial charge in [0.05, 0.1) is 23.1 Å². The van der Waals surface area contributed by atoms with Crippen LogP contribution in [0.4, 0.5) is 0 Å². The molecule has 4 rings (SSSR count). The van der Waals surface area contributed by atoms with Gasteiger partial charge in [0.25, 0.3) is 10.1 Å². The van der Waals surface area contributed by atoms with Crippen molar-refractivity contribution in [1.82, 2.24) is 4.98 Å². The molecule has 1 atom stereocenters. The van der Waals surface area contributed by atoms with Crippen LogP contribution in [0.2, 0.25) is 0 Å². The van der Waals surface area contributed by atoms with E-state index in [4.69, 9.17) is 13.9 Å². The molecule has 1 aromatic heterocycles. The lowest BCUT2D eigenvalue weighted by atomic mass is 9.89. The fourth-order valence-corrected chi connectivity index (χ4v) is 5.71. The molecule has 39 heavy (non-hydrogen) atoms. The summed E-state index contributed by atoms with van der Waals surface area (Å²) in [7, 11) is -1.97. The van der Waals surface area contributed by atoms with Crippen molar-refractivity contribution in [3.05, 3.63) is 112 Å². The first-order chi connectivity index (χ1) is 18.6. The number of fused-ring (bicyclic) bond motifs is 1. The van der Waals surface area contributed by atoms with Crippen LogP contribution in [0.25, 0.3) is 23.1 Å². The Morgan fingerprint density at radius 3 is 2.49 bits per heavy atom. The highest BCUT2D eigenvalue weighted by molar-refractivity contribution is 14.1. The number of aryl methyl sites for hydroxylation is 1. The van der Waals surface area contributed by atoms with Gasteiger partial charge in [-0.05, 0) is 78.8 Å². The summed E-state index contributed by atoms with van der Waals surface area (Å²) in [6.07, 6.45) is 5.60. The predicted molar refractivity (Wildman–Crippen MR) is 168 cm³/mol. The summed E-state index contributed by atoms with van der Waals surface area (Å²) >= 11 is 2.36. The second-order valence-electron chi connectivity index (χ2n) is 10.1. The third-order valence-corrected chi connectivity index (χ3v) is 8.27. The Bertz CT molecular complexity index is 1580. The Morgan fingerprint density at radius 1 is 0.974 bits per heavy atom. The molecule has 3 aromatic carbocycles.